The van der Waals surface area contributed by atoms with Crippen LogP contribution in [0.25, 0.3) is 98.1 Å². The summed E-state index contributed by atoms with van der Waals surface area (Å²) in [4.78, 5) is 19.9. The minimum atomic E-state index is 0.692. The third kappa shape index (κ3) is 5.14. The molecule has 0 amide bonds. The van der Waals surface area contributed by atoms with E-state index >= 15 is 0 Å². The van der Waals surface area contributed by atoms with Gasteiger partial charge >= 0.3 is 0 Å². The molecule has 4 aromatic heterocycles. The lowest BCUT2D eigenvalue weighted by Crippen LogP contribution is -1.96. The van der Waals surface area contributed by atoms with E-state index in [1.54, 1.807) is 6.20 Å². The Kier molecular flexibility index (Phi) is 6.96. The van der Waals surface area contributed by atoms with E-state index in [0.717, 1.165) is 55.8 Å². The molecule has 6 aromatic carbocycles. The molecule has 238 valence electrons. The Balaban J connectivity index is 1.19. The Morgan fingerprint density at radius 3 is 2.00 bits per heavy atom. The van der Waals surface area contributed by atoms with E-state index in [1.807, 2.05) is 41.8 Å². The molecule has 4 heterocycles. The molecule has 10 aromatic rings. The van der Waals surface area contributed by atoms with Gasteiger partial charge in [0.1, 0.15) is 0 Å². The molecule has 0 unspecified atom stereocenters. The number of hydrogen-bond acceptors (Lipinski definition) is 5. The van der Waals surface area contributed by atoms with Gasteiger partial charge in [-0.15, -0.1) is 11.3 Å². The van der Waals surface area contributed by atoms with Gasteiger partial charge in [-0.1, -0.05) is 127 Å². The van der Waals surface area contributed by atoms with Crippen LogP contribution in [0.4, 0.5) is 0 Å². The normalized spacial score (nSPS) is 11.5. The summed E-state index contributed by atoms with van der Waals surface area (Å²) in [6.07, 6.45) is 3.69. The minimum absolute atomic E-state index is 0.692. The van der Waals surface area contributed by atoms with E-state index in [0.29, 0.717) is 5.82 Å². The van der Waals surface area contributed by atoms with Gasteiger partial charge in [0.15, 0.2) is 5.82 Å². The third-order valence-corrected chi connectivity index (χ3v) is 10.7. The second-order valence-electron chi connectivity index (χ2n) is 12.7. The summed E-state index contributed by atoms with van der Waals surface area (Å²) in [6.45, 7) is 0. The van der Waals surface area contributed by atoms with Crippen LogP contribution >= 0.6 is 11.3 Å². The summed E-state index contributed by atoms with van der Waals surface area (Å²) in [5.74, 6) is 0.692. The lowest BCUT2D eigenvalue weighted by Gasteiger charge is -2.14. The highest BCUT2D eigenvalue weighted by molar-refractivity contribution is 7.26. The van der Waals surface area contributed by atoms with Gasteiger partial charge in [0, 0.05) is 50.1 Å². The first-order valence-corrected chi connectivity index (χ1v) is 17.8. The van der Waals surface area contributed by atoms with E-state index < -0.39 is 0 Å². The van der Waals surface area contributed by atoms with Crippen LogP contribution in [-0.2, 0) is 0 Å². The predicted octanol–water partition coefficient (Wildman–Crippen LogP) is 12.3. The number of nitrogens with zero attached hydrogens (tertiary/aromatic N) is 4. The standard InChI is InChI=1S/C46H28N4S/c1-2-11-32(12-3-1)46-49-39(31-21-19-29(20-22-31)35-15-9-25-47-28-35)27-40(50-46)33-13-8-14-34(26-33)42-43-36-16-5-4-10-30(36)23-24-38(43)48-44-37-17-6-7-18-41(37)51-45(42)44/h1-28H. The summed E-state index contributed by atoms with van der Waals surface area (Å²) >= 11 is 1.82. The maximum absolute atomic E-state index is 5.28. The molecule has 0 aliphatic carbocycles. The highest BCUT2D eigenvalue weighted by atomic mass is 32.1. The van der Waals surface area contributed by atoms with Gasteiger partial charge in [-0.3, -0.25) is 4.98 Å². The highest BCUT2D eigenvalue weighted by Gasteiger charge is 2.19. The van der Waals surface area contributed by atoms with E-state index in [-0.39, 0.29) is 0 Å². The van der Waals surface area contributed by atoms with Crippen molar-refractivity contribution in [2.75, 3.05) is 0 Å². The van der Waals surface area contributed by atoms with Crippen molar-refractivity contribution in [3.63, 3.8) is 0 Å². The van der Waals surface area contributed by atoms with Gasteiger partial charge in [-0.25, -0.2) is 15.0 Å². The zero-order chi connectivity index (χ0) is 33.7. The van der Waals surface area contributed by atoms with Crippen LogP contribution in [0, 0.1) is 0 Å². The van der Waals surface area contributed by atoms with Crippen molar-refractivity contribution < 1.29 is 0 Å². The van der Waals surface area contributed by atoms with Gasteiger partial charge < -0.3 is 0 Å². The molecule has 10 rings (SSSR count). The Morgan fingerprint density at radius 2 is 1.16 bits per heavy atom. The molecule has 0 radical (unpaired) electrons. The van der Waals surface area contributed by atoms with Crippen LogP contribution in [0.15, 0.2) is 170 Å². The largest absolute Gasteiger partial charge is 0.264 e. The maximum atomic E-state index is 5.28. The second kappa shape index (κ2) is 12.1. The predicted molar refractivity (Wildman–Crippen MR) is 213 cm³/mol. The zero-order valence-electron chi connectivity index (χ0n) is 27.4. The zero-order valence-corrected chi connectivity index (χ0v) is 28.2. The Hall–Kier alpha value is -6.56. The summed E-state index contributed by atoms with van der Waals surface area (Å²) in [5.41, 5.74) is 11.3. The Morgan fingerprint density at radius 1 is 0.451 bits per heavy atom. The van der Waals surface area contributed by atoms with Gasteiger partial charge in [-0.2, -0.15) is 0 Å². The first-order valence-electron chi connectivity index (χ1n) is 17.0. The Labute approximate surface area is 298 Å². The van der Waals surface area contributed by atoms with Crippen molar-refractivity contribution in [2.45, 2.75) is 0 Å². The molecular formula is C46H28N4S. The number of aromatic nitrogens is 4. The average Bonchev–Trinajstić information content (AvgIpc) is 3.58. The number of rotatable bonds is 5. The number of thiophene rings is 1. The van der Waals surface area contributed by atoms with E-state index in [2.05, 4.69) is 138 Å². The second-order valence-corrected chi connectivity index (χ2v) is 13.7. The molecule has 0 saturated heterocycles. The summed E-state index contributed by atoms with van der Waals surface area (Å²) < 4.78 is 2.43. The third-order valence-electron chi connectivity index (χ3n) is 9.57. The molecule has 0 bridgehead atoms. The van der Waals surface area contributed by atoms with Gasteiger partial charge in [0.25, 0.3) is 0 Å². The van der Waals surface area contributed by atoms with Crippen LogP contribution < -0.4 is 0 Å². The van der Waals surface area contributed by atoms with Crippen molar-refractivity contribution >= 4 is 53.3 Å². The van der Waals surface area contributed by atoms with E-state index in [9.17, 15) is 0 Å². The molecule has 0 atom stereocenters. The lowest BCUT2D eigenvalue weighted by molar-refractivity contribution is 1.18. The summed E-state index contributed by atoms with van der Waals surface area (Å²) in [5, 5.41) is 4.76. The SMILES string of the molecule is c1ccc(-c2nc(-c3ccc(-c4cccnc4)cc3)cc(-c3cccc(-c4c5sc6ccccc6c5nc5ccc6ccccc6c45)c3)n2)cc1. The molecule has 0 saturated carbocycles. The van der Waals surface area contributed by atoms with Gasteiger partial charge in [-0.05, 0) is 57.8 Å². The number of fused-ring (bicyclic) bond motifs is 6. The summed E-state index contributed by atoms with van der Waals surface area (Å²) in [6, 6.07) is 55.3. The van der Waals surface area contributed by atoms with Gasteiger partial charge in [0.05, 0.1) is 27.1 Å². The van der Waals surface area contributed by atoms with E-state index in [4.69, 9.17) is 15.0 Å². The number of hydrogen-bond donors (Lipinski definition) is 0. The number of pyridine rings is 2. The van der Waals surface area contributed by atoms with Crippen LogP contribution in [0.3, 0.4) is 0 Å². The topological polar surface area (TPSA) is 51.6 Å². The fraction of sp³-hybridized carbons (Fsp3) is 0. The fourth-order valence-electron chi connectivity index (χ4n) is 7.10. The first kappa shape index (κ1) is 29.4. The lowest BCUT2D eigenvalue weighted by atomic mass is 9.94. The van der Waals surface area contributed by atoms with Crippen LogP contribution in [0.5, 0.6) is 0 Å². The maximum Gasteiger partial charge on any atom is 0.160 e. The van der Waals surface area contributed by atoms with Crippen molar-refractivity contribution in [3.8, 4) is 56.2 Å². The molecule has 0 aliphatic heterocycles. The Bertz CT molecular complexity index is 2900. The molecule has 5 heteroatoms. The quantitative estimate of drug-likeness (QED) is 0.171. The first-order chi connectivity index (χ1) is 25.3. The van der Waals surface area contributed by atoms with Crippen molar-refractivity contribution in [1.29, 1.82) is 0 Å². The van der Waals surface area contributed by atoms with E-state index in [1.165, 1.54) is 36.5 Å². The fourth-order valence-corrected chi connectivity index (χ4v) is 8.31. The smallest absolute Gasteiger partial charge is 0.160 e. The average molecular weight is 669 g/mol. The molecular weight excluding hydrogens is 641 g/mol. The van der Waals surface area contributed by atoms with Crippen LogP contribution in [-0.4, -0.2) is 19.9 Å². The molecule has 4 nitrogen and oxygen atoms in total. The summed E-state index contributed by atoms with van der Waals surface area (Å²) in [7, 11) is 0. The number of benzene rings is 6. The highest BCUT2D eigenvalue weighted by Crippen LogP contribution is 2.45. The van der Waals surface area contributed by atoms with Crippen molar-refractivity contribution in [3.05, 3.63) is 170 Å². The van der Waals surface area contributed by atoms with Crippen molar-refractivity contribution in [1.82, 2.24) is 19.9 Å². The minimum Gasteiger partial charge on any atom is -0.264 e. The van der Waals surface area contributed by atoms with Crippen LogP contribution in [0.1, 0.15) is 0 Å². The molecule has 0 fully saturated rings. The molecule has 0 spiro atoms. The monoisotopic (exact) mass is 668 g/mol. The van der Waals surface area contributed by atoms with Gasteiger partial charge in [0.2, 0.25) is 0 Å². The molecule has 51 heavy (non-hydrogen) atoms. The molecule has 0 N–H and O–H groups in total. The molecule has 0 aliphatic rings. The van der Waals surface area contributed by atoms with Crippen LogP contribution in [0.2, 0.25) is 0 Å². The van der Waals surface area contributed by atoms with Crippen molar-refractivity contribution in [2.24, 2.45) is 0 Å².